The molecule has 1 rings (SSSR count). The lowest BCUT2D eigenvalue weighted by atomic mass is 9.76. The van der Waals surface area contributed by atoms with E-state index >= 15 is 0 Å². The van der Waals surface area contributed by atoms with Crippen LogP contribution in [-0.2, 0) is 29.3 Å². The third kappa shape index (κ3) is 11.0. The van der Waals surface area contributed by atoms with Gasteiger partial charge >= 0.3 is 12.1 Å². The maximum Gasteiger partial charge on any atom is 0.410 e. The average Bonchev–Trinajstić information content (AvgIpc) is 2.92. The van der Waals surface area contributed by atoms with E-state index in [0.29, 0.717) is 12.0 Å². The summed E-state index contributed by atoms with van der Waals surface area (Å²) in [5.41, 5.74) is -1.02. The number of rotatable bonds is 13. The zero-order valence-corrected chi connectivity index (χ0v) is 29.4. The lowest BCUT2D eigenvalue weighted by Gasteiger charge is -2.42. The zero-order valence-electron chi connectivity index (χ0n) is 29.4. The van der Waals surface area contributed by atoms with Crippen LogP contribution in [0.2, 0.25) is 0 Å². The van der Waals surface area contributed by atoms with Crippen LogP contribution in [0.1, 0.15) is 101 Å². The lowest BCUT2D eigenvalue weighted by Crippen LogP contribution is -2.63. The Hall–Kier alpha value is -3.36. The van der Waals surface area contributed by atoms with E-state index < -0.39 is 46.5 Å². The first-order valence-corrected chi connectivity index (χ1v) is 15.6. The molecule has 0 saturated heterocycles. The van der Waals surface area contributed by atoms with E-state index in [1.54, 1.807) is 59.7 Å². The van der Waals surface area contributed by atoms with E-state index in [9.17, 15) is 19.2 Å². The highest BCUT2D eigenvalue weighted by atomic mass is 16.6. The van der Waals surface area contributed by atoms with Gasteiger partial charge in [0.25, 0.3) is 0 Å². The minimum atomic E-state index is -1.01. The Balaban J connectivity index is 3.57. The Labute approximate surface area is 265 Å². The summed E-state index contributed by atoms with van der Waals surface area (Å²) in [4.78, 5) is 57.1. The van der Waals surface area contributed by atoms with Crippen molar-refractivity contribution in [1.29, 1.82) is 0 Å². The number of nitrogens with zero attached hydrogens (tertiary/aromatic N) is 2. The summed E-state index contributed by atoms with van der Waals surface area (Å²) >= 11 is 0. The minimum absolute atomic E-state index is 0.259. The summed E-state index contributed by atoms with van der Waals surface area (Å²) in [7, 11) is 3.24. The number of nitrogens with one attached hydrogen (secondary N) is 1. The Kier molecular flexibility index (Phi) is 14.1. The number of amides is 3. The summed E-state index contributed by atoms with van der Waals surface area (Å²) < 4.78 is 10.8. The lowest BCUT2D eigenvalue weighted by molar-refractivity contribution is -0.141. The fraction of sp³-hybridized carbons (Fsp3) is 0.657. The van der Waals surface area contributed by atoms with Gasteiger partial charge in [-0.3, -0.25) is 14.5 Å². The number of esters is 1. The first-order chi connectivity index (χ1) is 20.2. The molecule has 0 aliphatic heterocycles. The first-order valence-electron chi connectivity index (χ1n) is 15.6. The summed E-state index contributed by atoms with van der Waals surface area (Å²) in [6.45, 7) is 20.5. The molecule has 0 bridgehead atoms. The standard InChI is InChI=1S/C35H57N3O6/c1-14-16-22-26(23-24(3)31(41)43-15-2)37(12)30(40)27(33(4,5)6)36-29(39)28(38(13)32(42)44-34(7,8)9)35(10,11)25-20-18-17-19-21-25/h17-21,23,26-28H,14-16,22H2,1-13H3,(H,36,39)/t26-,27+,28+/m0/s1. The third-order valence-electron chi connectivity index (χ3n) is 7.66. The molecule has 0 radical (unpaired) electrons. The van der Waals surface area contributed by atoms with Crippen LogP contribution in [0.25, 0.3) is 0 Å². The van der Waals surface area contributed by atoms with Crippen molar-refractivity contribution in [2.75, 3.05) is 20.7 Å². The highest BCUT2D eigenvalue weighted by molar-refractivity contribution is 5.93. The maximum atomic E-state index is 14.3. The van der Waals surface area contributed by atoms with Crippen molar-refractivity contribution in [3.63, 3.8) is 0 Å². The van der Waals surface area contributed by atoms with Crippen molar-refractivity contribution in [3.05, 3.63) is 47.5 Å². The SMILES string of the molecule is CCCC[C@@H](C=C(C)C(=O)OCC)N(C)C(=O)[C@@H](NC(=O)[C@@H](N(C)C(=O)OC(C)(C)C)C(C)(C)c1ccccc1)C(C)(C)C. The van der Waals surface area contributed by atoms with Gasteiger partial charge in [-0.2, -0.15) is 0 Å². The fourth-order valence-corrected chi connectivity index (χ4v) is 5.09. The smallest absolute Gasteiger partial charge is 0.410 e. The largest absolute Gasteiger partial charge is 0.463 e. The van der Waals surface area contributed by atoms with Gasteiger partial charge < -0.3 is 19.7 Å². The molecule has 0 spiro atoms. The normalized spacial score (nSPS) is 14.6. The van der Waals surface area contributed by atoms with E-state index in [1.807, 2.05) is 65.0 Å². The quantitative estimate of drug-likeness (QED) is 0.208. The molecule has 1 N–H and O–H groups in total. The van der Waals surface area contributed by atoms with E-state index in [-0.39, 0.29) is 18.6 Å². The molecule has 9 heteroatoms. The van der Waals surface area contributed by atoms with Gasteiger partial charge in [0, 0.05) is 25.1 Å². The molecule has 0 aliphatic rings. The molecule has 0 aromatic heterocycles. The van der Waals surface area contributed by atoms with Crippen molar-refractivity contribution in [2.45, 2.75) is 125 Å². The van der Waals surface area contributed by atoms with Crippen molar-refractivity contribution < 1.29 is 28.7 Å². The van der Waals surface area contributed by atoms with Crippen LogP contribution < -0.4 is 5.32 Å². The summed E-state index contributed by atoms with van der Waals surface area (Å²) in [5.74, 6) is -1.19. The topological polar surface area (TPSA) is 105 Å². The molecule has 248 valence electrons. The first kappa shape index (κ1) is 38.7. The van der Waals surface area contributed by atoms with Gasteiger partial charge in [-0.25, -0.2) is 9.59 Å². The van der Waals surface area contributed by atoms with Crippen LogP contribution in [0.3, 0.4) is 0 Å². The van der Waals surface area contributed by atoms with Crippen molar-refractivity contribution in [1.82, 2.24) is 15.1 Å². The zero-order chi connectivity index (χ0) is 34.0. The monoisotopic (exact) mass is 615 g/mol. The van der Waals surface area contributed by atoms with Crippen LogP contribution in [0.5, 0.6) is 0 Å². The van der Waals surface area contributed by atoms with Gasteiger partial charge in [-0.1, -0.05) is 90.8 Å². The maximum absolute atomic E-state index is 14.3. The average molecular weight is 616 g/mol. The van der Waals surface area contributed by atoms with Gasteiger partial charge in [0.2, 0.25) is 11.8 Å². The molecule has 0 saturated carbocycles. The number of ether oxygens (including phenoxy) is 2. The number of carbonyl (C=O) groups is 4. The molecule has 1 aromatic carbocycles. The predicted octanol–water partition coefficient (Wildman–Crippen LogP) is 6.26. The minimum Gasteiger partial charge on any atom is -0.463 e. The molecule has 0 aliphatic carbocycles. The van der Waals surface area contributed by atoms with Gasteiger partial charge in [-0.05, 0) is 52.0 Å². The van der Waals surface area contributed by atoms with Gasteiger partial charge in [0.1, 0.15) is 17.7 Å². The van der Waals surface area contributed by atoms with E-state index in [4.69, 9.17) is 9.47 Å². The van der Waals surface area contributed by atoms with Gasteiger partial charge in [0.05, 0.1) is 12.6 Å². The number of carbonyl (C=O) groups excluding carboxylic acids is 4. The highest BCUT2D eigenvalue weighted by Crippen LogP contribution is 2.32. The number of hydrogen-bond donors (Lipinski definition) is 1. The van der Waals surface area contributed by atoms with Gasteiger partial charge in [0.15, 0.2) is 0 Å². The van der Waals surface area contributed by atoms with Crippen molar-refractivity contribution in [2.24, 2.45) is 5.41 Å². The fourth-order valence-electron chi connectivity index (χ4n) is 5.09. The molecule has 44 heavy (non-hydrogen) atoms. The van der Waals surface area contributed by atoms with Crippen LogP contribution in [0, 0.1) is 5.41 Å². The molecule has 9 nitrogen and oxygen atoms in total. The molecule has 1 aromatic rings. The summed E-state index contributed by atoms with van der Waals surface area (Å²) in [6, 6.07) is 7.18. The molecular formula is C35H57N3O6. The second-order valence-electron chi connectivity index (χ2n) is 14.1. The molecular weight excluding hydrogens is 558 g/mol. The van der Waals surface area contributed by atoms with E-state index in [0.717, 1.165) is 18.4 Å². The number of hydrogen-bond acceptors (Lipinski definition) is 6. The molecule has 3 amide bonds. The summed E-state index contributed by atoms with van der Waals surface area (Å²) in [5, 5.41) is 3.03. The Bertz CT molecular complexity index is 1150. The molecule has 3 atom stereocenters. The molecule has 0 fully saturated rings. The number of unbranched alkanes of at least 4 members (excludes halogenated alkanes) is 1. The number of benzene rings is 1. The Morgan fingerprint density at radius 1 is 0.909 bits per heavy atom. The van der Waals surface area contributed by atoms with E-state index in [1.165, 1.54) is 4.90 Å². The molecule has 0 unspecified atom stereocenters. The highest BCUT2D eigenvalue weighted by Gasteiger charge is 2.45. The Morgan fingerprint density at radius 3 is 1.95 bits per heavy atom. The second-order valence-corrected chi connectivity index (χ2v) is 14.1. The predicted molar refractivity (Wildman–Crippen MR) is 175 cm³/mol. The van der Waals surface area contributed by atoms with Gasteiger partial charge in [-0.15, -0.1) is 0 Å². The third-order valence-corrected chi connectivity index (χ3v) is 7.66. The van der Waals surface area contributed by atoms with Crippen LogP contribution in [0.4, 0.5) is 4.79 Å². The van der Waals surface area contributed by atoms with Crippen molar-refractivity contribution in [3.8, 4) is 0 Å². The molecule has 0 heterocycles. The second kappa shape index (κ2) is 16.1. The van der Waals surface area contributed by atoms with E-state index in [2.05, 4.69) is 12.2 Å². The van der Waals surface area contributed by atoms with Crippen LogP contribution >= 0.6 is 0 Å². The number of likely N-dealkylation sites (N-methyl/N-ethyl adjacent to an activating group) is 2. The summed E-state index contributed by atoms with van der Waals surface area (Å²) in [6.07, 6.45) is 3.53. The van der Waals surface area contributed by atoms with Crippen LogP contribution in [0.15, 0.2) is 42.0 Å². The van der Waals surface area contributed by atoms with Crippen LogP contribution in [-0.4, -0.2) is 78.1 Å². The van der Waals surface area contributed by atoms with Crippen molar-refractivity contribution >= 4 is 23.9 Å². The Morgan fingerprint density at radius 2 is 1.48 bits per heavy atom.